The summed E-state index contributed by atoms with van der Waals surface area (Å²) in [4.78, 5) is 11.6. The third kappa shape index (κ3) is 3.07. The number of rotatable bonds is 2. The molecule has 1 N–H and O–H groups in total. The van der Waals surface area contributed by atoms with Crippen molar-refractivity contribution in [3.63, 3.8) is 0 Å². The number of para-hydroxylation sites is 1. The van der Waals surface area contributed by atoms with Gasteiger partial charge < -0.3 is 5.32 Å². The Kier molecular flexibility index (Phi) is 3.48. The number of amides is 1. The predicted octanol–water partition coefficient (Wildman–Crippen LogP) is 2.67. The molecule has 0 aliphatic heterocycles. The second-order valence-corrected chi connectivity index (χ2v) is 5.57. The molecule has 78 valence electrons. The highest BCUT2D eigenvalue weighted by Gasteiger charge is 2.24. The minimum absolute atomic E-state index is 0.176. The van der Waals surface area contributed by atoms with Crippen LogP contribution in [0.15, 0.2) is 24.3 Å². The molecule has 0 spiro atoms. The van der Waals surface area contributed by atoms with Crippen molar-refractivity contribution >= 4 is 27.5 Å². The lowest BCUT2D eigenvalue weighted by Gasteiger charge is -2.16. The smallest absolute Gasteiger partial charge is 0.240 e. The first-order valence-electron chi connectivity index (χ1n) is 4.44. The van der Waals surface area contributed by atoms with Crippen molar-refractivity contribution < 1.29 is 4.79 Å². The molecule has 0 saturated carbocycles. The van der Waals surface area contributed by atoms with Crippen LogP contribution in [0.4, 0.5) is 5.69 Å². The van der Waals surface area contributed by atoms with E-state index in [1.165, 1.54) is 0 Å². The zero-order chi connectivity index (χ0) is 11.5. The van der Waals surface area contributed by atoms with Crippen LogP contribution in [0.3, 0.4) is 0 Å². The quantitative estimate of drug-likeness (QED) is 0.837. The second-order valence-electron chi connectivity index (χ2n) is 3.58. The van der Waals surface area contributed by atoms with Crippen molar-refractivity contribution in [2.75, 3.05) is 5.32 Å². The van der Waals surface area contributed by atoms with Gasteiger partial charge in [0.1, 0.15) is 6.07 Å². The Bertz CT molecular complexity index is 415. The first kappa shape index (κ1) is 11.7. The van der Waals surface area contributed by atoms with E-state index >= 15 is 0 Å². The lowest BCUT2D eigenvalue weighted by molar-refractivity contribution is -0.117. The molecule has 1 aromatic carbocycles. The van der Waals surface area contributed by atoms with Crippen molar-refractivity contribution in [2.24, 2.45) is 0 Å². The SMILES string of the molecule is CC(C)(Br)C(=O)Nc1ccccc1C#N. The average Bonchev–Trinajstić information content (AvgIpc) is 2.17. The summed E-state index contributed by atoms with van der Waals surface area (Å²) in [6.07, 6.45) is 0. The van der Waals surface area contributed by atoms with Gasteiger partial charge in [-0.1, -0.05) is 28.1 Å². The summed E-state index contributed by atoms with van der Waals surface area (Å²) in [6.45, 7) is 3.49. The van der Waals surface area contributed by atoms with Crippen LogP contribution in [0.25, 0.3) is 0 Å². The minimum atomic E-state index is -0.643. The lowest BCUT2D eigenvalue weighted by Crippen LogP contribution is -2.31. The fourth-order valence-corrected chi connectivity index (χ4v) is 1.06. The van der Waals surface area contributed by atoms with Gasteiger partial charge in [-0.15, -0.1) is 0 Å². The molecule has 0 bridgehead atoms. The largest absolute Gasteiger partial charge is 0.324 e. The maximum atomic E-state index is 11.6. The van der Waals surface area contributed by atoms with Gasteiger partial charge in [-0.2, -0.15) is 5.26 Å². The van der Waals surface area contributed by atoms with E-state index < -0.39 is 4.32 Å². The number of nitrogens with zero attached hydrogens (tertiary/aromatic N) is 1. The van der Waals surface area contributed by atoms with Crippen molar-refractivity contribution in [1.82, 2.24) is 0 Å². The van der Waals surface area contributed by atoms with Gasteiger partial charge in [0, 0.05) is 0 Å². The normalized spacial score (nSPS) is 10.5. The van der Waals surface area contributed by atoms with Crippen LogP contribution in [-0.4, -0.2) is 10.2 Å². The summed E-state index contributed by atoms with van der Waals surface area (Å²) in [6, 6.07) is 8.92. The molecule has 0 aliphatic carbocycles. The summed E-state index contributed by atoms with van der Waals surface area (Å²) >= 11 is 3.25. The number of halogens is 1. The second kappa shape index (κ2) is 4.45. The van der Waals surface area contributed by atoms with E-state index in [4.69, 9.17) is 5.26 Å². The Morgan fingerprint density at radius 1 is 1.47 bits per heavy atom. The van der Waals surface area contributed by atoms with Gasteiger partial charge in [0.05, 0.1) is 15.6 Å². The maximum absolute atomic E-state index is 11.6. The van der Waals surface area contributed by atoms with Crippen molar-refractivity contribution in [3.05, 3.63) is 29.8 Å². The Labute approximate surface area is 97.2 Å². The van der Waals surface area contributed by atoms with Crippen LogP contribution in [0, 0.1) is 11.3 Å². The number of benzene rings is 1. The monoisotopic (exact) mass is 266 g/mol. The molecule has 0 radical (unpaired) electrons. The molecule has 0 unspecified atom stereocenters. The van der Waals surface area contributed by atoms with Crippen molar-refractivity contribution in [2.45, 2.75) is 18.2 Å². The zero-order valence-corrected chi connectivity index (χ0v) is 10.1. The molecule has 1 amide bonds. The topological polar surface area (TPSA) is 52.9 Å². The Morgan fingerprint density at radius 3 is 2.60 bits per heavy atom. The van der Waals surface area contributed by atoms with Gasteiger partial charge >= 0.3 is 0 Å². The third-order valence-corrected chi connectivity index (χ3v) is 2.20. The van der Waals surface area contributed by atoms with E-state index in [9.17, 15) is 4.79 Å². The molecule has 1 aromatic rings. The van der Waals surface area contributed by atoms with E-state index in [1.54, 1.807) is 38.1 Å². The Morgan fingerprint density at radius 2 is 2.07 bits per heavy atom. The third-order valence-electron chi connectivity index (χ3n) is 1.84. The summed E-state index contributed by atoms with van der Waals surface area (Å²) in [5.74, 6) is -0.176. The van der Waals surface area contributed by atoms with Crippen LogP contribution >= 0.6 is 15.9 Å². The van der Waals surface area contributed by atoms with E-state index in [0.717, 1.165) is 0 Å². The zero-order valence-electron chi connectivity index (χ0n) is 8.54. The Hall–Kier alpha value is -1.34. The van der Waals surface area contributed by atoms with Gasteiger partial charge in [-0.05, 0) is 26.0 Å². The van der Waals surface area contributed by atoms with E-state index in [0.29, 0.717) is 11.3 Å². The first-order chi connectivity index (χ1) is 6.95. The fourth-order valence-electron chi connectivity index (χ4n) is 0.961. The van der Waals surface area contributed by atoms with Gasteiger partial charge in [-0.25, -0.2) is 0 Å². The van der Waals surface area contributed by atoms with Gasteiger partial charge in [0.2, 0.25) is 5.91 Å². The molecule has 1 rings (SSSR count). The van der Waals surface area contributed by atoms with Crippen LogP contribution < -0.4 is 5.32 Å². The van der Waals surface area contributed by atoms with Gasteiger partial charge in [0.15, 0.2) is 0 Å². The number of carbonyl (C=O) groups is 1. The summed E-state index contributed by atoms with van der Waals surface area (Å²) < 4.78 is -0.643. The molecule has 3 nitrogen and oxygen atoms in total. The number of alkyl halides is 1. The van der Waals surface area contributed by atoms with E-state index in [2.05, 4.69) is 21.2 Å². The van der Waals surface area contributed by atoms with Gasteiger partial charge in [-0.3, -0.25) is 4.79 Å². The number of hydrogen-bond donors (Lipinski definition) is 1. The number of nitrogens with one attached hydrogen (secondary N) is 1. The summed E-state index contributed by atoms with van der Waals surface area (Å²) in [5, 5.41) is 11.5. The summed E-state index contributed by atoms with van der Waals surface area (Å²) in [7, 11) is 0. The van der Waals surface area contributed by atoms with Crippen LogP contribution in [0.2, 0.25) is 0 Å². The fraction of sp³-hybridized carbons (Fsp3) is 0.273. The van der Waals surface area contributed by atoms with E-state index in [-0.39, 0.29) is 5.91 Å². The highest BCUT2D eigenvalue weighted by atomic mass is 79.9. The summed E-state index contributed by atoms with van der Waals surface area (Å²) in [5.41, 5.74) is 1.00. The van der Waals surface area contributed by atoms with E-state index in [1.807, 2.05) is 6.07 Å². The number of carbonyl (C=O) groups excluding carboxylic acids is 1. The van der Waals surface area contributed by atoms with Crippen molar-refractivity contribution in [3.8, 4) is 6.07 Å². The number of anilines is 1. The molecule has 4 heteroatoms. The molecular weight excluding hydrogens is 256 g/mol. The number of hydrogen-bond acceptors (Lipinski definition) is 2. The highest BCUT2D eigenvalue weighted by Crippen LogP contribution is 2.20. The molecular formula is C11H11BrN2O. The van der Waals surface area contributed by atoms with Crippen LogP contribution in [0.1, 0.15) is 19.4 Å². The lowest BCUT2D eigenvalue weighted by atomic mass is 10.1. The molecule has 0 heterocycles. The standard InChI is InChI=1S/C11H11BrN2O/c1-11(2,12)10(15)14-9-6-4-3-5-8(9)7-13/h3-6H,1-2H3,(H,14,15). The minimum Gasteiger partial charge on any atom is -0.324 e. The molecule has 0 aromatic heterocycles. The molecule has 0 saturated heterocycles. The Balaban J connectivity index is 2.92. The first-order valence-corrected chi connectivity index (χ1v) is 5.24. The molecule has 0 fully saturated rings. The predicted molar refractivity (Wildman–Crippen MR) is 62.8 cm³/mol. The van der Waals surface area contributed by atoms with Crippen molar-refractivity contribution in [1.29, 1.82) is 5.26 Å². The maximum Gasteiger partial charge on any atom is 0.240 e. The number of nitriles is 1. The highest BCUT2D eigenvalue weighted by molar-refractivity contribution is 9.10. The van der Waals surface area contributed by atoms with Crippen LogP contribution in [-0.2, 0) is 4.79 Å². The molecule has 0 aliphatic rings. The average molecular weight is 267 g/mol. The molecule has 0 atom stereocenters. The van der Waals surface area contributed by atoms with Crippen LogP contribution in [0.5, 0.6) is 0 Å². The van der Waals surface area contributed by atoms with Gasteiger partial charge in [0.25, 0.3) is 0 Å². The molecule has 15 heavy (non-hydrogen) atoms.